The third-order valence-corrected chi connectivity index (χ3v) is 5.24. The fraction of sp³-hybridized carbons (Fsp3) is 0.882. The Hall–Kier alpha value is -0.640. The van der Waals surface area contributed by atoms with Crippen molar-refractivity contribution >= 4 is 23.2 Å². The van der Waals surface area contributed by atoms with E-state index in [-0.39, 0.29) is 11.8 Å². The highest BCUT2D eigenvalue weighted by Gasteiger charge is 2.31. The molecule has 0 aromatic rings. The van der Waals surface area contributed by atoms with Crippen LogP contribution in [0.2, 0.25) is 0 Å². The van der Waals surface area contributed by atoms with Crippen LogP contribution < -0.4 is 5.32 Å². The van der Waals surface area contributed by atoms with Crippen molar-refractivity contribution in [2.75, 3.05) is 0 Å². The Bertz CT molecular complexity index is 340. The summed E-state index contributed by atoms with van der Waals surface area (Å²) in [5.41, 5.74) is 0. The normalized spacial score (nSPS) is 21.3. The van der Waals surface area contributed by atoms with Crippen molar-refractivity contribution in [1.82, 2.24) is 10.2 Å². The number of nitrogens with zero attached hydrogens (tertiary/aromatic N) is 1. The quantitative estimate of drug-likeness (QED) is 0.799. The SMILES string of the molecule is CC(C)C(=O)NC(=S)N(C1CCCCC1)C1CCCCC1. The smallest absolute Gasteiger partial charge is 0.228 e. The summed E-state index contributed by atoms with van der Waals surface area (Å²) >= 11 is 5.63. The van der Waals surface area contributed by atoms with E-state index in [4.69, 9.17) is 12.2 Å². The van der Waals surface area contributed by atoms with E-state index in [1.54, 1.807) is 0 Å². The zero-order valence-corrected chi connectivity index (χ0v) is 14.4. The van der Waals surface area contributed by atoms with Crippen LogP contribution in [-0.4, -0.2) is 28.0 Å². The molecule has 21 heavy (non-hydrogen) atoms. The zero-order valence-electron chi connectivity index (χ0n) is 13.6. The van der Waals surface area contributed by atoms with Crippen LogP contribution in [0.25, 0.3) is 0 Å². The fourth-order valence-electron chi connectivity index (χ4n) is 3.66. The molecule has 2 rings (SSSR count). The van der Waals surface area contributed by atoms with Gasteiger partial charge >= 0.3 is 0 Å². The average molecular weight is 311 g/mol. The topological polar surface area (TPSA) is 32.3 Å². The summed E-state index contributed by atoms with van der Waals surface area (Å²) in [6.45, 7) is 3.84. The summed E-state index contributed by atoms with van der Waals surface area (Å²) < 4.78 is 0. The van der Waals surface area contributed by atoms with Gasteiger partial charge in [-0.3, -0.25) is 4.79 Å². The monoisotopic (exact) mass is 310 g/mol. The molecule has 0 spiro atoms. The Balaban J connectivity index is 2.06. The van der Waals surface area contributed by atoms with Crippen LogP contribution in [-0.2, 0) is 4.79 Å². The average Bonchev–Trinajstić information content (AvgIpc) is 2.49. The molecule has 2 aliphatic carbocycles. The van der Waals surface area contributed by atoms with Crippen molar-refractivity contribution in [3.8, 4) is 0 Å². The van der Waals surface area contributed by atoms with E-state index < -0.39 is 0 Å². The molecule has 0 radical (unpaired) electrons. The molecule has 0 aromatic heterocycles. The van der Waals surface area contributed by atoms with Crippen molar-refractivity contribution in [2.45, 2.75) is 90.1 Å². The first-order valence-corrected chi connectivity index (χ1v) is 9.13. The van der Waals surface area contributed by atoms with Gasteiger partial charge in [0, 0.05) is 18.0 Å². The number of amides is 1. The highest BCUT2D eigenvalue weighted by molar-refractivity contribution is 7.80. The van der Waals surface area contributed by atoms with Crippen molar-refractivity contribution in [2.24, 2.45) is 5.92 Å². The summed E-state index contributed by atoms with van der Waals surface area (Å²) in [6.07, 6.45) is 12.8. The lowest BCUT2D eigenvalue weighted by atomic mass is 9.89. The van der Waals surface area contributed by atoms with E-state index >= 15 is 0 Å². The van der Waals surface area contributed by atoms with E-state index in [9.17, 15) is 4.79 Å². The van der Waals surface area contributed by atoms with Crippen molar-refractivity contribution in [1.29, 1.82) is 0 Å². The Labute approximate surface area is 134 Å². The first kappa shape index (κ1) is 16.7. The van der Waals surface area contributed by atoms with Gasteiger partial charge in [0.1, 0.15) is 0 Å². The Morgan fingerprint density at radius 1 is 0.952 bits per heavy atom. The maximum absolute atomic E-state index is 12.0. The van der Waals surface area contributed by atoms with Crippen LogP contribution in [0.1, 0.15) is 78.1 Å². The molecular weight excluding hydrogens is 280 g/mol. The van der Waals surface area contributed by atoms with Crippen LogP contribution in [0.5, 0.6) is 0 Å². The lowest BCUT2D eigenvalue weighted by molar-refractivity contribution is -0.122. The second kappa shape index (κ2) is 8.11. The summed E-state index contributed by atoms with van der Waals surface area (Å²) in [4.78, 5) is 14.4. The van der Waals surface area contributed by atoms with Crippen LogP contribution >= 0.6 is 12.2 Å². The second-order valence-corrected chi connectivity index (χ2v) is 7.33. The molecule has 2 fully saturated rings. The number of hydrogen-bond donors (Lipinski definition) is 1. The van der Waals surface area contributed by atoms with E-state index in [1.807, 2.05) is 13.8 Å². The number of carbonyl (C=O) groups excluding carboxylic acids is 1. The molecule has 2 saturated carbocycles. The van der Waals surface area contributed by atoms with Gasteiger partial charge in [0.05, 0.1) is 0 Å². The van der Waals surface area contributed by atoms with Gasteiger partial charge in [-0.05, 0) is 37.9 Å². The van der Waals surface area contributed by atoms with Gasteiger partial charge in [0.2, 0.25) is 5.91 Å². The van der Waals surface area contributed by atoms with Gasteiger partial charge in [-0.25, -0.2) is 0 Å². The molecule has 0 aromatic carbocycles. The third-order valence-electron chi connectivity index (χ3n) is 4.93. The fourth-order valence-corrected chi connectivity index (χ4v) is 4.06. The van der Waals surface area contributed by atoms with E-state index in [2.05, 4.69) is 10.2 Å². The predicted molar refractivity (Wildman–Crippen MR) is 91.2 cm³/mol. The van der Waals surface area contributed by atoms with E-state index in [1.165, 1.54) is 64.2 Å². The number of thiocarbonyl (C=S) groups is 1. The molecule has 2 aliphatic rings. The molecular formula is C17H30N2OS. The lowest BCUT2D eigenvalue weighted by Gasteiger charge is -2.43. The molecule has 0 unspecified atom stereocenters. The van der Waals surface area contributed by atoms with Gasteiger partial charge in [0.15, 0.2) is 5.11 Å². The number of hydrogen-bond acceptors (Lipinski definition) is 2. The molecule has 0 bridgehead atoms. The van der Waals surface area contributed by atoms with Crippen molar-refractivity contribution in [3.63, 3.8) is 0 Å². The Morgan fingerprint density at radius 3 is 1.76 bits per heavy atom. The molecule has 1 N–H and O–H groups in total. The zero-order chi connectivity index (χ0) is 15.2. The van der Waals surface area contributed by atoms with Gasteiger partial charge in [-0.15, -0.1) is 0 Å². The number of carbonyl (C=O) groups is 1. The predicted octanol–water partition coefficient (Wildman–Crippen LogP) is 4.01. The van der Waals surface area contributed by atoms with Crippen LogP contribution in [0, 0.1) is 5.92 Å². The minimum atomic E-state index is -0.0116. The summed E-state index contributed by atoms with van der Waals surface area (Å²) in [5.74, 6) is 0.0409. The summed E-state index contributed by atoms with van der Waals surface area (Å²) in [7, 11) is 0. The minimum absolute atomic E-state index is 0.0116. The molecule has 0 saturated heterocycles. The van der Waals surface area contributed by atoms with Crippen molar-refractivity contribution < 1.29 is 4.79 Å². The molecule has 1 amide bonds. The highest BCUT2D eigenvalue weighted by Crippen LogP contribution is 2.30. The molecule has 4 heteroatoms. The Morgan fingerprint density at radius 2 is 1.38 bits per heavy atom. The largest absolute Gasteiger partial charge is 0.343 e. The van der Waals surface area contributed by atoms with Gasteiger partial charge < -0.3 is 10.2 Å². The number of nitrogens with one attached hydrogen (secondary N) is 1. The standard InChI is InChI=1S/C17H30N2OS/c1-13(2)16(20)18-17(21)19(14-9-5-3-6-10-14)15-11-7-4-8-12-15/h13-15H,3-12H2,1-2H3,(H,18,20,21). The first-order chi connectivity index (χ1) is 10.1. The maximum atomic E-state index is 12.0. The first-order valence-electron chi connectivity index (χ1n) is 8.72. The highest BCUT2D eigenvalue weighted by atomic mass is 32.1. The summed E-state index contributed by atoms with van der Waals surface area (Å²) in [6, 6.07) is 1.09. The third kappa shape index (κ3) is 4.67. The van der Waals surface area contributed by atoms with E-state index in [0.29, 0.717) is 17.2 Å². The van der Waals surface area contributed by atoms with Gasteiger partial charge in [-0.1, -0.05) is 52.4 Å². The van der Waals surface area contributed by atoms with E-state index in [0.717, 1.165) is 0 Å². The van der Waals surface area contributed by atoms with Crippen LogP contribution in [0.15, 0.2) is 0 Å². The maximum Gasteiger partial charge on any atom is 0.228 e. The molecule has 120 valence electrons. The minimum Gasteiger partial charge on any atom is -0.343 e. The molecule has 0 atom stereocenters. The van der Waals surface area contributed by atoms with Crippen LogP contribution in [0.3, 0.4) is 0 Å². The molecule has 0 aliphatic heterocycles. The summed E-state index contributed by atoms with van der Waals surface area (Å²) in [5, 5.41) is 3.68. The molecule has 3 nitrogen and oxygen atoms in total. The Kier molecular flexibility index (Phi) is 6.46. The van der Waals surface area contributed by atoms with Gasteiger partial charge in [-0.2, -0.15) is 0 Å². The molecule has 0 heterocycles. The van der Waals surface area contributed by atoms with Gasteiger partial charge in [0.25, 0.3) is 0 Å². The number of rotatable bonds is 3. The lowest BCUT2D eigenvalue weighted by Crippen LogP contribution is -2.54. The van der Waals surface area contributed by atoms with Crippen LogP contribution in [0.4, 0.5) is 0 Å². The second-order valence-electron chi connectivity index (χ2n) is 6.94. The van der Waals surface area contributed by atoms with Crippen molar-refractivity contribution in [3.05, 3.63) is 0 Å².